The molecule has 3 heterocycles. The lowest BCUT2D eigenvalue weighted by atomic mass is 9.98. The van der Waals surface area contributed by atoms with Crippen molar-refractivity contribution in [2.45, 2.75) is 45.6 Å². The summed E-state index contributed by atoms with van der Waals surface area (Å²) in [5, 5.41) is 4.41. The summed E-state index contributed by atoms with van der Waals surface area (Å²) in [7, 11) is 1.66. The highest BCUT2D eigenvalue weighted by Gasteiger charge is 2.28. The van der Waals surface area contributed by atoms with Gasteiger partial charge in [0.25, 0.3) is 0 Å². The molecule has 1 fully saturated rings. The first-order chi connectivity index (χ1) is 14.5. The topological polar surface area (TPSA) is 73.4 Å². The van der Waals surface area contributed by atoms with E-state index in [9.17, 15) is 4.79 Å². The van der Waals surface area contributed by atoms with Crippen LogP contribution in [0.2, 0.25) is 0 Å². The number of carbonyl (C=O) groups excluding carboxylic acids is 1. The van der Waals surface area contributed by atoms with Gasteiger partial charge < -0.3 is 14.1 Å². The molecule has 7 heteroatoms. The van der Waals surface area contributed by atoms with E-state index < -0.39 is 0 Å². The van der Waals surface area contributed by atoms with Crippen LogP contribution in [0.3, 0.4) is 0 Å². The summed E-state index contributed by atoms with van der Waals surface area (Å²) in [6.07, 6.45) is 4.38. The van der Waals surface area contributed by atoms with Gasteiger partial charge in [-0.3, -0.25) is 9.48 Å². The van der Waals surface area contributed by atoms with Crippen molar-refractivity contribution >= 4 is 5.91 Å². The predicted molar refractivity (Wildman–Crippen MR) is 113 cm³/mol. The molecule has 1 aromatic carbocycles. The van der Waals surface area contributed by atoms with Crippen LogP contribution in [-0.2, 0) is 17.8 Å². The van der Waals surface area contributed by atoms with E-state index in [1.807, 2.05) is 49.1 Å². The Morgan fingerprint density at radius 3 is 2.93 bits per heavy atom. The number of carbonyl (C=O) groups is 1. The fourth-order valence-corrected chi connectivity index (χ4v) is 4.05. The zero-order chi connectivity index (χ0) is 21.1. The number of likely N-dealkylation sites (tertiary alicyclic amines) is 1. The van der Waals surface area contributed by atoms with E-state index in [4.69, 9.17) is 9.15 Å². The lowest BCUT2D eigenvalue weighted by molar-refractivity contribution is -0.133. The normalized spacial score (nSPS) is 16.6. The third kappa shape index (κ3) is 4.56. The van der Waals surface area contributed by atoms with Crippen LogP contribution in [0.4, 0.5) is 0 Å². The summed E-state index contributed by atoms with van der Waals surface area (Å²) in [5.74, 6) is 2.59. The number of rotatable bonds is 6. The molecule has 4 rings (SSSR count). The van der Waals surface area contributed by atoms with Gasteiger partial charge in [0, 0.05) is 25.2 Å². The number of amides is 1. The third-order valence-electron chi connectivity index (χ3n) is 5.60. The summed E-state index contributed by atoms with van der Waals surface area (Å²) in [6, 6.07) is 9.93. The van der Waals surface area contributed by atoms with Crippen molar-refractivity contribution in [2.75, 3.05) is 20.2 Å². The summed E-state index contributed by atoms with van der Waals surface area (Å²) >= 11 is 0. The highest BCUT2D eigenvalue weighted by Crippen LogP contribution is 2.28. The number of aryl methyl sites for hydroxylation is 2. The van der Waals surface area contributed by atoms with Crippen molar-refractivity contribution in [1.82, 2.24) is 19.7 Å². The summed E-state index contributed by atoms with van der Waals surface area (Å²) in [4.78, 5) is 19.2. The molecule has 0 N–H and O–H groups in total. The van der Waals surface area contributed by atoms with Gasteiger partial charge in [-0.05, 0) is 50.5 Å². The van der Waals surface area contributed by atoms with Crippen LogP contribution in [0.5, 0.6) is 5.75 Å². The van der Waals surface area contributed by atoms with Crippen LogP contribution in [0.15, 0.2) is 40.9 Å². The molecule has 30 heavy (non-hydrogen) atoms. The van der Waals surface area contributed by atoms with Crippen LogP contribution in [0.1, 0.15) is 47.4 Å². The van der Waals surface area contributed by atoms with Crippen LogP contribution >= 0.6 is 0 Å². The zero-order valence-electron chi connectivity index (χ0n) is 17.8. The molecule has 0 radical (unpaired) electrons. The van der Waals surface area contributed by atoms with E-state index in [-0.39, 0.29) is 18.4 Å². The largest absolute Gasteiger partial charge is 0.497 e. The molecule has 2 aromatic heterocycles. The number of ether oxygens (including phenoxy) is 1. The van der Waals surface area contributed by atoms with Gasteiger partial charge in [-0.15, -0.1) is 0 Å². The Morgan fingerprint density at radius 1 is 1.30 bits per heavy atom. The van der Waals surface area contributed by atoms with Gasteiger partial charge in [0.05, 0.1) is 24.9 Å². The van der Waals surface area contributed by atoms with Gasteiger partial charge in [-0.25, -0.2) is 4.98 Å². The summed E-state index contributed by atoms with van der Waals surface area (Å²) in [5.41, 5.74) is 3.05. The molecule has 158 valence electrons. The fraction of sp³-hybridized carbons (Fsp3) is 0.435. The highest BCUT2D eigenvalue weighted by atomic mass is 16.5. The smallest absolute Gasteiger partial charge is 0.244 e. The van der Waals surface area contributed by atoms with Crippen molar-refractivity contribution < 1.29 is 13.9 Å². The minimum atomic E-state index is 0.0917. The maximum Gasteiger partial charge on any atom is 0.244 e. The average molecular weight is 409 g/mol. The van der Waals surface area contributed by atoms with Gasteiger partial charge in [0.2, 0.25) is 5.91 Å². The van der Waals surface area contributed by atoms with Gasteiger partial charge in [0.1, 0.15) is 18.1 Å². The quantitative estimate of drug-likeness (QED) is 0.624. The molecule has 1 aliphatic heterocycles. The lowest BCUT2D eigenvalue weighted by Crippen LogP contribution is -2.41. The molecule has 0 unspecified atom stereocenters. The van der Waals surface area contributed by atoms with E-state index in [0.717, 1.165) is 53.7 Å². The summed E-state index contributed by atoms with van der Waals surface area (Å²) in [6.45, 7) is 5.60. The number of hydrogen-bond donors (Lipinski definition) is 0. The number of nitrogens with zero attached hydrogens (tertiary/aromatic N) is 4. The maximum atomic E-state index is 12.8. The Kier molecular flexibility index (Phi) is 5.88. The molecule has 0 aliphatic carbocycles. The maximum absolute atomic E-state index is 12.8. The molecular weight excluding hydrogens is 380 g/mol. The van der Waals surface area contributed by atoms with Crippen LogP contribution < -0.4 is 4.74 Å². The SMILES string of the molecule is COc1cccc(Cc2cnc([C@H]3CCCN(C(=O)Cn4nc(C)cc4C)C3)o2)c1. The first-order valence-electron chi connectivity index (χ1n) is 10.4. The predicted octanol–water partition coefficient (Wildman–Crippen LogP) is 3.49. The van der Waals surface area contributed by atoms with Crippen molar-refractivity contribution in [3.63, 3.8) is 0 Å². The lowest BCUT2D eigenvalue weighted by Gasteiger charge is -2.31. The Labute approximate surface area is 176 Å². The second-order valence-corrected chi connectivity index (χ2v) is 7.96. The molecular formula is C23H28N4O3. The molecule has 1 saturated heterocycles. The van der Waals surface area contributed by atoms with Gasteiger partial charge in [-0.2, -0.15) is 5.10 Å². The van der Waals surface area contributed by atoms with Crippen molar-refractivity contribution in [2.24, 2.45) is 0 Å². The van der Waals surface area contributed by atoms with Gasteiger partial charge in [-0.1, -0.05) is 12.1 Å². The molecule has 1 atom stereocenters. The molecule has 1 amide bonds. The molecule has 0 spiro atoms. The number of oxazole rings is 1. The van der Waals surface area contributed by atoms with Crippen LogP contribution in [0, 0.1) is 13.8 Å². The second-order valence-electron chi connectivity index (χ2n) is 7.96. The molecule has 0 saturated carbocycles. The van der Waals surface area contributed by atoms with Gasteiger partial charge >= 0.3 is 0 Å². The Bertz CT molecular complexity index is 1020. The minimum Gasteiger partial charge on any atom is -0.497 e. The van der Waals surface area contributed by atoms with Crippen LogP contribution in [0.25, 0.3) is 0 Å². The number of hydrogen-bond acceptors (Lipinski definition) is 5. The average Bonchev–Trinajstić information content (AvgIpc) is 3.34. The van der Waals surface area contributed by atoms with E-state index in [0.29, 0.717) is 13.0 Å². The van der Waals surface area contributed by atoms with Gasteiger partial charge in [0.15, 0.2) is 5.89 Å². The monoisotopic (exact) mass is 408 g/mol. The number of piperidine rings is 1. The first kappa shape index (κ1) is 20.2. The van der Waals surface area contributed by atoms with Crippen molar-refractivity contribution in [3.8, 4) is 5.75 Å². The zero-order valence-corrected chi connectivity index (χ0v) is 17.8. The first-order valence-corrected chi connectivity index (χ1v) is 10.4. The summed E-state index contributed by atoms with van der Waals surface area (Å²) < 4.78 is 13.1. The van der Waals surface area contributed by atoms with E-state index >= 15 is 0 Å². The minimum absolute atomic E-state index is 0.0917. The number of benzene rings is 1. The number of methoxy groups -OCH3 is 1. The standard InChI is InChI=1S/C23H28N4O3/c1-16-10-17(2)27(25-16)15-22(28)26-9-5-7-19(14-26)23-24-13-21(30-23)12-18-6-4-8-20(11-18)29-3/h4,6,8,10-11,13,19H,5,7,9,12,14-15H2,1-3H3/t19-/m0/s1. The van der Waals surface area contributed by atoms with E-state index in [2.05, 4.69) is 10.1 Å². The Balaban J connectivity index is 1.39. The molecule has 0 bridgehead atoms. The molecule has 1 aliphatic rings. The number of aromatic nitrogens is 3. The van der Waals surface area contributed by atoms with Crippen molar-refractivity contribution in [1.29, 1.82) is 0 Å². The fourth-order valence-electron chi connectivity index (χ4n) is 4.05. The van der Waals surface area contributed by atoms with Crippen LogP contribution in [-0.4, -0.2) is 45.8 Å². The van der Waals surface area contributed by atoms with E-state index in [1.54, 1.807) is 18.0 Å². The van der Waals surface area contributed by atoms with E-state index in [1.165, 1.54) is 0 Å². The third-order valence-corrected chi connectivity index (χ3v) is 5.60. The molecule has 3 aromatic rings. The highest BCUT2D eigenvalue weighted by molar-refractivity contribution is 5.76. The molecule has 7 nitrogen and oxygen atoms in total. The van der Waals surface area contributed by atoms with Crippen molar-refractivity contribution in [3.05, 3.63) is 65.1 Å². The second kappa shape index (κ2) is 8.73. The Hall–Kier alpha value is -3.09. The Morgan fingerprint density at radius 2 is 2.17 bits per heavy atom.